The quantitative estimate of drug-likeness (QED) is 0.538. The largest absolute Gasteiger partial charge is 0.394 e. The smallest absolute Gasteiger partial charge is 0.220 e. The molecule has 0 aliphatic carbocycles. The van der Waals surface area contributed by atoms with E-state index in [2.05, 4.69) is 5.32 Å². The van der Waals surface area contributed by atoms with Crippen molar-refractivity contribution in [3.8, 4) is 0 Å². The number of hydrogen-bond acceptors (Lipinski definition) is 2. The van der Waals surface area contributed by atoms with E-state index in [0.29, 0.717) is 6.42 Å². The number of hydrogen-bond donors (Lipinski definition) is 2. The number of aliphatic hydroxyl groups excluding tert-OH is 1. The molecule has 1 saturated heterocycles. The summed E-state index contributed by atoms with van der Waals surface area (Å²) in [4.78, 5) is 10.8. The van der Waals surface area contributed by atoms with E-state index >= 15 is 0 Å². The fourth-order valence-corrected chi connectivity index (χ4v) is 1.19. The standard InChI is InChI=1S/C7H13NO2/c1-5-3-6(10)8-7(5,2)4-9/h5,9H,3-4H2,1-2H3,(H,8,10). The molecular weight excluding hydrogens is 130 g/mol. The van der Waals surface area contributed by atoms with Crippen LogP contribution in [-0.2, 0) is 4.79 Å². The maximum atomic E-state index is 10.8. The van der Waals surface area contributed by atoms with E-state index in [1.165, 1.54) is 0 Å². The molecule has 10 heavy (non-hydrogen) atoms. The SMILES string of the molecule is CC1CC(=O)NC1(C)CO. The highest BCUT2D eigenvalue weighted by Crippen LogP contribution is 2.25. The Bertz CT molecular complexity index is 158. The number of carbonyl (C=O) groups excluding carboxylic acids is 1. The minimum Gasteiger partial charge on any atom is -0.394 e. The highest BCUT2D eigenvalue weighted by molar-refractivity contribution is 5.79. The molecule has 0 aromatic heterocycles. The second-order valence-corrected chi connectivity index (χ2v) is 3.23. The molecule has 0 aromatic carbocycles. The predicted octanol–water partition coefficient (Wildman–Crippen LogP) is -0.107. The second kappa shape index (κ2) is 2.23. The molecule has 58 valence electrons. The molecule has 2 N–H and O–H groups in total. The van der Waals surface area contributed by atoms with E-state index in [9.17, 15) is 4.79 Å². The first-order valence-corrected chi connectivity index (χ1v) is 3.50. The summed E-state index contributed by atoms with van der Waals surface area (Å²) in [5, 5.41) is 11.6. The Balaban J connectivity index is 2.70. The molecule has 3 heteroatoms. The van der Waals surface area contributed by atoms with E-state index in [1.54, 1.807) is 0 Å². The summed E-state index contributed by atoms with van der Waals surface area (Å²) in [6.45, 7) is 3.86. The van der Waals surface area contributed by atoms with Crippen LogP contribution in [0.2, 0.25) is 0 Å². The van der Waals surface area contributed by atoms with Crippen LogP contribution in [0.15, 0.2) is 0 Å². The van der Waals surface area contributed by atoms with Gasteiger partial charge in [-0.2, -0.15) is 0 Å². The molecule has 0 aromatic rings. The molecule has 1 aliphatic heterocycles. The van der Waals surface area contributed by atoms with E-state index in [1.807, 2.05) is 13.8 Å². The molecule has 0 radical (unpaired) electrons. The molecule has 0 bridgehead atoms. The fraction of sp³-hybridized carbons (Fsp3) is 0.857. The molecule has 1 fully saturated rings. The number of amides is 1. The van der Waals surface area contributed by atoms with Crippen molar-refractivity contribution in [2.75, 3.05) is 6.61 Å². The third-order valence-corrected chi connectivity index (χ3v) is 2.33. The van der Waals surface area contributed by atoms with Crippen LogP contribution in [0.1, 0.15) is 20.3 Å². The van der Waals surface area contributed by atoms with Gasteiger partial charge >= 0.3 is 0 Å². The molecule has 2 unspecified atom stereocenters. The van der Waals surface area contributed by atoms with Gasteiger partial charge in [0.05, 0.1) is 12.1 Å². The summed E-state index contributed by atoms with van der Waals surface area (Å²) in [5.74, 6) is 0.286. The van der Waals surface area contributed by atoms with Crippen molar-refractivity contribution in [2.24, 2.45) is 5.92 Å². The Morgan fingerprint density at radius 2 is 2.50 bits per heavy atom. The molecule has 1 aliphatic rings. The molecule has 1 amide bonds. The lowest BCUT2D eigenvalue weighted by Gasteiger charge is -2.25. The molecule has 0 saturated carbocycles. The Kier molecular flexibility index (Phi) is 1.68. The van der Waals surface area contributed by atoms with Crippen molar-refractivity contribution in [1.82, 2.24) is 5.32 Å². The Morgan fingerprint density at radius 1 is 1.90 bits per heavy atom. The first-order chi connectivity index (χ1) is 4.58. The highest BCUT2D eigenvalue weighted by Gasteiger charge is 2.39. The van der Waals surface area contributed by atoms with Crippen LogP contribution in [0, 0.1) is 5.92 Å². The van der Waals surface area contributed by atoms with Crippen LogP contribution < -0.4 is 5.32 Å². The van der Waals surface area contributed by atoms with E-state index in [0.717, 1.165) is 0 Å². The van der Waals surface area contributed by atoms with Crippen LogP contribution >= 0.6 is 0 Å². The fourth-order valence-electron chi connectivity index (χ4n) is 1.19. The zero-order valence-electron chi connectivity index (χ0n) is 6.35. The normalized spacial score (nSPS) is 39.9. The summed E-state index contributed by atoms with van der Waals surface area (Å²) in [6, 6.07) is 0. The topological polar surface area (TPSA) is 49.3 Å². The van der Waals surface area contributed by atoms with Crippen molar-refractivity contribution >= 4 is 5.91 Å². The average molecular weight is 143 g/mol. The first-order valence-electron chi connectivity index (χ1n) is 3.50. The van der Waals surface area contributed by atoms with Crippen molar-refractivity contribution in [3.05, 3.63) is 0 Å². The minimum absolute atomic E-state index is 0.0277. The second-order valence-electron chi connectivity index (χ2n) is 3.23. The summed E-state index contributed by atoms with van der Waals surface area (Å²) in [6.07, 6.45) is 0.539. The molecular formula is C7H13NO2. The lowest BCUT2D eigenvalue weighted by atomic mass is 9.90. The monoisotopic (exact) mass is 143 g/mol. The zero-order chi connectivity index (χ0) is 7.78. The Hall–Kier alpha value is -0.570. The van der Waals surface area contributed by atoms with Gasteiger partial charge in [0.25, 0.3) is 0 Å². The molecule has 2 atom stereocenters. The van der Waals surface area contributed by atoms with Gasteiger partial charge in [0, 0.05) is 6.42 Å². The lowest BCUT2D eigenvalue weighted by molar-refractivity contribution is -0.120. The maximum absolute atomic E-state index is 10.8. The third-order valence-electron chi connectivity index (χ3n) is 2.33. The van der Waals surface area contributed by atoms with Crippen LogP contribution in [0.25, 0.3) is 0 Å². The molecule has 0 spiro atoms. The molecule has 1 rings (SSSR count). The van der Waals surface area contributed by atoms with Crippen LogP contribution in [0.3, 0.4) is 0 Å². The Labute approximate surface area is 60.4 Å². The van der Waals surface area contributed by atoms with Gasteiger partial charge in [-0.25, -0.2) is 0 Å². The van der Waals surface area contributed by atoms with Crippen molar-refractivity contribution in [3.63, 3.8) is 0 Å². The predicted molar refractivity (Wildman–Crippen MR) is 37.4 cm³/mol. The molecule has 1 heterocycles. The number of aliphatic hydroxyl groups is 1. The van der Waals surface area contributed by atoms with Crippen LogP contribution in [0.4, 0.5) is 0 Å². The number of carbonyl (C=O) groups is 1. The summed E-state index contributed by atoms with van der Waals surface area (Å²) in [5.41, 5.74) is -0.378. The molecule has 3 nitrogen and oxygen atoms in total. The van der Waals surface area contributed by atoms with Crippen molar-refractivity contribution in [2.45, 2.75) is 25.8 Å². The number of rotatable bonds is 1. The third kappa shape index (κ3) is 1.01. The summed E-state index contributed by atoms with van der Waals surface area (Å²) >= 11 is 0. The lowest BCUT2D eigenvalue weighted by Crippen LogP contribution is -2.45. The van der Waals surface area contributed by atoms with Gasteiger partial charge in [-0.3, -0.25) is 4.79 Å². The summed E-state index contributed by atoms with van der Waals surface area (Å²) in [7, 11) is 0. The summed E-state index contributed by atoms with van der Waals surface area (Å²) < 4.78 is 0. The van der Waals surface area contributed by atoms with Crippen LogP contribution in [0.5, 0.6) is 0 Å². The van der Waals surface area contributed by atoms with Gasteiger partial charge < -0.3 is 10.4 Å². The van der Waals surface area contributed by atoms with Crippen molar-refractivity contribution < 1.29 is 9.90 Å². The zero-order valence-corrected chi connectivity index (χ0v) is 6.35. The average Bonchev–Trinajstić information content (AvgIpc) is 2.09. The van der Waals surface area contributed by atoms with Gasteiger partial charge in [-0.05, 0) is 12.8 Å². The van der Waals surface area contributed by atoms with Gasteiger partial charge in [-0.1, -0.05) is 6.92 Å². The van der Waals surface area contributed by atoms with Gasteiger partial charge in [-0.15, -0.1) is 0 Å². The highest BCUT2D eigenvalue weighted by atomic mass is 16.3. The minimum atomic E-state index is -0.378. The number of nitrogens with one attached hydrogen (secondary N) is 1. The Morgan fingerprint density at radius 3 is 2.70 bits per heavy atom. The maximum Gasteiger partial charge on any atom is 0.220 e. The van der Waals surface area contributed by atoms with Gasteiger partial charge in [0.2, 0.25) is 5.91 Å². The van der Waals surface area contributed by atoms with Gasteiger partial charge in [0.15, 0.2) is 0 Å². The van der Waals surface area contributed by atoms with Gasteiger partial charge in [0.1, 0.15) is 0 Å². The first kappa shape index (κ1) is 7.54. The van der Waals surface area contributed by atoms with E-state index < -0.39 is 0 Å². The van der Waals surface area contributed by atoms with Crippen molar-refractivity contribution in [1.29, 1.82) is 0 Å². The van der Waals surface area contributed by atoms with E-state index in [4.69, 9.17) is 5.11 Å². The van der Waals surface area contributed by atoms with Crippen LogP contribution in [-0.4, -0.2) is 23.2 Å². The van der Waals surface area contributed by atoms with E-state index in [-0.39, 0.29) is 24.0 Å².